The van der Waals surface area contributed by atoms with Gasteiger partial charge in [0.15, 0.2) is 0 Å². The zero-order valence-electron chi connectivity index (χ0n) is 20.7. The molecular formula is C31H36N2O. The van der Waals surface area contributed by atoms with Crippen molar-refractivity contribution in [2.45, 2.75) is 33.7 Å². The van der Waals surface area contributed by atoms with Crippen LogP contribution in [0.5, 0.6) is 0 Å². The molecule has 1 heterocycles. The molecule has 0 aromatic heterocycles. The molecule has 0 atom stereocenters. The highest BCUT2D eigenvalue weighted by Gasteiger charge is 2.19. The minimum absolute atomic E-state index is 0.123. The Kier molecular flexibility index (Phi) is 9.87. The van der Waals surface area contributed by atoms with Crippen LogP contribution in [0.2, 0.25) is 0 Å². The summed E-state index contributed by atoms with van der Waals surface area (Å²) in [5.41, 5.74) is 5.70. The van der Waals surface area contributed by atoms with Crippen molar-refractivity contribution in [2.24, 2.45) is 0 Å². The highest BCUT2D eigenvalue weighted by atomic mass is 16.2. The number of amides is 1. The van der Waals surface area contributed by atoms with Crippen molar-refractivity contribution in [3.8, 4) is 11.1 Å². The standard InChI is InChI=1S/C31H36N2O/c1-4-26(2)14-11-13-23-32-22-12-6-5-8-15-27(3)33(31(34)25-32)24-28-18-20-30(21-19-28)29-16-9-7-10-17-29/h4-12,14-21H,13,22-25H2,1-3H3/b8-5-,12-6+,14-11-,26-4-,27-15+. The van der Waals surface area contributed by atoms with Crippen LogP contribution < -0.4 is 0 Å². The van der Waals surface area contributed by atoms with Crippen LogP contribution >= 0.6 is 0 Å². The third-order valence-electron chi connectivity index (χ3n) is 5.99. The Morgan fingerprint density at radius 3 is 2.44 bits per heavy atom. The molecule has 2 aromatic carbocycles. The van der Waals surface area contributed by atoms with Crippen LogP contribution in [0, 0.1) is 0 Å². The minimum atomic E-state index is 0.123. The second-order valence-corrected chi connectivity index (χ2v) is 8.62. The molecule has 1 aliphatic rings. The molecule has 1 amide bonds. The highest BCUT2D eigenvalue weighted by Crippen LogP contribution is 2.21. The topological polar surface area (TPSA) is 23.6 Å². The summed E-state index contributed by atoms with van der Waals surface area (Å²) in [5, 5.41) is 0. The van der Waals surface area contributed by atoms with Gasteiger partial charge in [0.05, 0.1) is 13.1 Å². The van der Waals surface area contributed by atoms with Gasteiger partial charge in [0.2, 0.25) is 5.91 Å². The monoisotopic (exact) mass is 452 g/mol. The fourth-order valence-corrected chi connectivity index (χ4v) is 3.80. The number of benzene rings is 2. The van der Waals surface area contributed by atoms with E-state index in [-0.39, 0.29) is 5.91 Å². The van der Waals surface area contributed by atoms with Gasteiger partial charge < -0.3 is 4.90 Å². The number of allylic oxidation sites excluding steroid dienone is 8. The largest absolute Gasteiger partial charge is 0.311 e. The van der Waals surface area contributed by atoms with Crippen molar-refractivity contribution < 1.29 is 4.79 Å². The first-order valence-electron chi connectivity index (χ1n) is 12.0. The van der Waals surface area contributed by atoms with Crippen LogP contribution in [0.1, 0.15) is 32.8 Å². The zero-order chi connectivity index (χ0) is 24.2. The van der Waals surface area contributed by atoms with Crippen molar-refractivity contribution in [3.05, 3.63) is 120 Å². The molecule has 34 heavy (non-hydrogen) atoms. The summed E-state index contributed by atoms with van der Waals surface area (Å²) < 4.78 is 0. The number of rotatable bonds is 7. The molecule has 0 N–H and O–H groups in total. The van der Waals surface area contributed by atoms with Crippen LogP contribution in [0.4, 0.5) is 0 Å². The average Bonchev–Trinajstić information content (AvgIpc) is 2.89. The summed E-state index contributed by atoms with van der Waals surface area (Å²) in [6, 6.07) is 18.9. The number of carbonyl (C=O) groups excluding carboxylic acids is 1. The van der Waals surface area contributed by atoms with E-state index in [0.29, 0.717) is 13.1 Å². The fourth-order valence-electron chi connectivity index (χ4n) is 3.80. The van der Waals surface area contributed by atoms with E-state index < -0.39 is 0 Å². The molecule has 0 saturated heterocycles. The van der Waals surface area contributed by atoms with Gasteiger partial charge in [0.1, 0.15) is 0 Å². The van der Waals surface area contributed by atoms with E-state index in [0.717, 1.165) is 30.8 Å². The average molecular weight is 453 g/mol. The fraction of sp³-hybridized carbons (Fsp3) is 0.258. The normalized spacial score (nSPS) is 19.5. The van der Waals surface area contributed by atoms with E-state index in [4.69, 9.17) is 0 Å². The first-order chi connectivity index (χ1) is 16.6. The molecule has 0 radical (unpaired) electrons. The molecule has 1 aliphatic heterocycles. The lowest BCUT2D eigenvalue weighted by Crippen LogP contribution is -2.39. The molecule has 0 spiro atoms. The molecule has 0 aliphatic carbocycles. The molecule has 0 unspecified atom stereocenters. The summed E-state index contributed by atoms with van der Waals surface area (Å²) in [6.07, 6.45) is 17.6. The number of hydrogen-bond acceptors (Lipinski definition) is 2. The van der Waals surface area contributed by atoms with Crippen molar-refractivity contribution >= 4 is 5.91 Å². The van der Waals surface area contributed by atoms with E-state index in [1.807, 2.05) is 43.0 Å². The van der Waals surface area contributed by atoms with Crippen LogP contribution in [0.25, 0.3) is 11.1 Å². The van der Waals surface area contributed by atoms with E-state index in [9.17, 15) is 4.79 Å². The van der Waals surface area contributed by atoms with Crippen molar-refractivity contribution in [1.82, 2.24) is 9.80 Å². The van der Waals surface area contributed by atoms with Crippen LogP contribution in [0.3, 0.4) is 0 Å². The summed E-state index contributed by atoms with van der Waals surface area (Å²) in [5.74, 6) is 0.123. The van der Waals surface area contributed by atoms with Gasteiger partial charge in [-0.05, 0) is 50.0 Å². The summed E-state index contributed by atoms with van der Waals surface area (Å²) in [6.45, 7) is 8.71. The minimum Gasteiger partial charge on any atom is -0.311 e. The molecule has 176 valence electrons. The first-order valence-corrected chi connectivity index (χ1v) is 12.0. The predicted octanol–water partition coefficient (Wildman–Crippen LogP) is 6.93. The zero-order valence-corrected chi connectivity index (χ0v) is 20.7. The second kappa shape index (κ2) is 13.3. The van der Waals surface area contributed by atoms with E-state index in [1.54, 1.807) is 0 Å². The third kappa shape index (κ3) is 7.86. The Hall–Kier alpha value is -3.43. The first kappa shape index (κ1) is 25.2. The number of hydrogen-bond donors (Lipinski definition) is 0. The Morgan fingerprint density at radius 2 is 1.71 bits per heavy atom. The van der Waals surface area contributed by atoms with Gasteiger partial charge in [-0.25, -0.2) is 0 Å². The van der Waals surface area contributed by atoms with Gasteiger partial charge in [-0.3, -0.25) is 9.69 Å². The number of nitrogens with zero attached hydrogens (tertiary/aromatic N) is 2. The molecule has 0 fully saturated rings. The van der Waals surface area contributed by atoms with Gasteiger partial charge in [-0.2, -0.15) is 0 Å². The van der Waals surface area contributed by atoms with Gasteiger partial charge >= 0.3 is 0 Å². The molecule has 3 nitrogen and oxygen atoms in total. The van der Waals surface area contributed by atoms with Crippen molar-refractivity contribution in [2.75, 3.05) is 19.6 Å². The van der Waals surface area contributed by atoms with Crippen LogP contribution in [0.15, 0.2) is 114 Å². The van der Waals surface area contributed by atoms with Gasteiger partial charge in [0.25, 0.3) is 0 Å². The van der Waals surface area contributed by atoms with E-state index >= 15 is 0 Å². The maximum Gasteiger partial charge on any atom is 0.241 e. The summed E-state index contributed by atoms with van der Waals surface area (Å²) >= 11 is 0. The summed E-state index contributed by atoms with van der Waals surface area (Å²) in [7, 11) is 0. The lowest BCUT2D eigenvalue weighted by Gasteiger charge is -2.27. The number of carbonyl (C=O) groups is 1. The molecule has 3 rings (SSSR count). The van der Waals surface area contributed by atoms with Crippen molar-refractivity contribution in [3.63, 3.8) is 0 Å². The maximum absolute atomic E-state index is 13.4. The summed E-state index contributed by atoms with van der Waals surface area (Å²) in [4.78, 5) is 17.5. The Labute approximate surface area is 205 Å². The third-order valence-corrected chi connectivity index (χ3v) is 5.99. The quantitative estimate of drug-likeness (QED) is 0.425. The van der Waals surface area contributed by atoms with Crippen LogP contribution in [-0.4, -0.2) is 35.3 Å². The van der Waals surface area contributed by atoms with Crippen LogP contribution in [-0.2, 0) is 11.3 Å². The van der Waals surface area contributed by atoms with E-state index in [1.165, 1.54) is 16.7 Å². The molecule has 0 bridgehead atoms. The predicted molar refractivity (Wildman–Crippen MR) is 144 cm³/mol. The lowest BCUT2D eigenvalue weighted by molar-refractivity contribution is -0.130. The molecule has 2 aromatic rings. The molecular weight excluding hydrogens is 416 g/mol. The Morgan fingerprint density at radius 1 is 0.971 bits per heavy atom. The van der Waals surface area contributed by atoms with Gasteiger partial charge in [-0.15, -0.1) is 0 Å². The van der Waals surface area contributed by atoms with Gasteiger partial charge in [-0.1, -0.05) is 103 Å². The second-order valence-electron chi connectivity index (χ2n) is 8.62. The Bertz CT molecular complexity index is 1070. The SMILES string of the molecule is C/C=C(C)\C=C/CCN1C/C=C/C=C\C=C(/C)N(Cc2ccc(-c3ccccc3)cc2)C(=O)C1. The van der Waals surface area contributed by atoms with Crippen molar-refractivity contribution in [1.29, 1.82) is 0 Å². The Balaban J connectivity index is 1.73. The molecule has 3 heteroatoms. The lowest BCUT2D eigenvalue weighted by atomic mass is 10.0. The maximum atomic E-state index is 13.4. The molecule has 0 saturated carbocycles. The highest BCUT2D eigenvalue weighted by molar-refractivity contribution is 5.80. The van der Waals surface area contributed by atoms with Gasteiger partial charge in [0, 0.05) is 18.8 Å². The van der Waals surface area contributed by atoms with E-state index in [2.05, 4.69) is 90.7 Å². The smallest absolute Gasteiger partial charge is 0.241 e.